The van der Waals surface area contributed by atoms with Crippen molar-refractivity contribution in [3.8, 4) is 0 Å². The molecule has 4 amide bonds. The molecular formula is C65H127FN4O5. The Bertz CT molecular complexity index is 1270. The maximum Gasteiger partial charge on any atom is 0.407 e. The second-order valence-corrected chi connectivity index (χ2v) is 23.7. The SMILES string of the molecule is CCCCCCCCCCN(CCCCCCCCN(CCCCCCCC(=O)N(CCCCCCCCCC)CCCCCCCCCC)C(=O)C(F)CCNC(=O)OC(C)(C)C)C(=O)CCCCCCCCC. The Morgan fingerprint density at radius 2 is 0.613 bits per heavy atom. The van der Waals surface area contributed by atoms with Gasteiger partial charge in [0.2, 0.25) is 11.8 Å². The third-order valence-electron chi connectivity index (χ3n) is 15.1. The first-order valence-corrected chi connectivity index (χ1v) is 32.8. The van der Waals surface area contributed by atoms with E-state index in [2.05, 4.69) is 42.8 Å². The number of carbonyl (C=O) groups is 4. The van der Waals surface area contributed by atoms with E-state index in [0.717, 1.165) is 129 Å². The van der Waals surface area contributed by atoms with E-state index in [-0.39, 0.29) is 13.0 Å². The minimum Gasteiger partial charge on any atom is -0.444 e. The molecule has 0 saturated carbocycles. The highest BCUT2D eigenvalue weighted by Crippen LogP contribution is 2.18. The van der Waals surface area contributed by atoms with Crippen LogP contribution in [-0.4, -0.2) is 96.1 Å². The Labute approximate surface area is 465 Å². The molecule has 0 aliphatic carbocycles. The van der Waals surface area contributed by atoms with E-state index in [1.807, 2.05) is 0 Å². The second kappa shape index (κ2) is 53.6. The molecule has 0 radical (unpaired) electrons. The molecule has 10 heteroatoms. The van der Waals surface area contributed by atoms with Gasteiger partial charge < -0.3 is 24.8 Å². The molecule has 0 aromatic carbocycles. The topological polar surface area (TPSA) is 99.3 Å². The first kappa shape index (κ1) is 72.6. The van der Waals surface area contributed by atoms with Crippen LogP contribution in [0.1, 0.15) is 337 Å². The number of nitrogens with zero attached hydrogens (tertiary/aromatic N) is 3. The minimum atomic E-state index is -1.69. The van der Waals surface area contributed by atoms with E-state index in [1.54, 1.807) is 25.7 Å². The highest BCUT2D eigenvalue weighted by Gasteiger charge is 2.24. The number of ether oxygens (including phenoxy) is 1. The normalized spacial score (nSPS) is 12.0. The Morgan fingerprint density at radius 3 is 0.880 bits per heavy atom. The van der Waals surface area contributed by atoms with Crippen molar-refractivity contribution in [2.24, 2.45) is 0 Å². The monoisotopic (exact) mass is 1060 g/mol. The molecule has 0 aliphatic heterocycles. The van der Waals surface area contributed by atoms with E-state index in [4.69, 9.17) is 4.74 Å². The zero-order chi connectivity index (χ0) is 55.3. The Balaban J connectivity index is 5.12. The summed E-state index contributed by atoms with van der Waals surface area (Å²) in [5.74, 6) is 0.166. The van der Waals surface area contributed by atoms with Crippen LogP contribution >= 0.6 is 0 Å². The number of halogens is 1. The first-order chi connectivity index (χ1) is 36.4. The molecule has 0 aliphatic rings. The van der Waals surface area contributed by atoms with Crippen molar-refractivity contribution in [2.45, 2.75) is 349 Å². The number of carbonyl (C=O) groups excluding carboxylic acids is 4. The second-order valence-electron chi connectivity index (χ2n) is 23.7. The standard InChI is InChI=1S/C65H127FN4O5/c1-8-12-16-20-24-28-36-44-54-68(55-45-37-29-25-21-17-13-9-2)62(72)51-43-35-33-41-49-59-70(63(73)60(66)52-53-67-64(74)75-65(5,6)7)58-48-40-32-31-39-47-57-69(56-46-38-30-26-22-18-14-10-3)61(71)50-42-34-27-23-19-15-11-4/h60H,8-59H2,1-7H3,(H,67,74). The molecule has 0 heterocycles. The van der Waals surface area contributed by atoms with Gasteiger partial charge in [-0.25, -0.2) is 9.18 Å². The largest absolute Gasteiger partial charge is 0.444 e. The van der Waals surface area contributed by atoms with Crippen LogP contribution in [0.2, 0.25) is 0 Å². The summed E-state index contributed by atoms with van der Waals surface area (Å²) in [5, 5.41) is 2.61. The Kier molecular flexibility index (Phi) is 51.9. The van der Waals surface area contributed by atoms with Gasteiger partial charge in [-0.15, -0.1) is 0 Å². The summed E-state index contributed by atoms with van der Waals surface area (Å²) < 4.78 is 20.8. The van der Waals surface area contributed by atoms with Crippen molar-refractivity contribution < 1.29 is 28.3 Å². The van der Waals surface area contributed by atoms with Gasteiger partial charge in [-0.05, 0) is 72.1 Å². The average molecular weight is 1060 g/mol. The van der Waals surface area contributed by atoms with Crippen LogP contribution in [0, 0.1) is 0 Å². The van der Waals surface area contributed by atoms with Crippen molar-refractivity contribution in [2.75, 3.05) is 45.8 Å². The molecule has 75 heavy (non-hydrogen) atoms. The highest BCUT2D eigenvalue weighted by molar-refractivity contribution is 5.81. The molecule has 0 bridgehead atoms. The van der Waals surface area contributed by atoms with Gasteiger partial charge in [0.05, 0.1) is 0 Å². The minimum absolute atomic E-state index is 0.0331. The van der Waals surface area contributed by atoms with Crippen LogP contribution < -0.4 is 5.32 Å². The fourth-order valence-electron chi connectivity index (χ4n) is 10.3. The first-order valence-electron chi connectivity index (χ1n) is 32.8. The summed E-state index contributed by atoms with van der Waals surface area (Å²) >= 11 is 0. The number of hydrogen-bond donors (Lipinski definition) is 1. The molecule has 0 aromatic rings. The zero-order valence-electron chi connectivity index (χ0n) is 51.1. The van der Waals surface area contributed by atoms with Gasteiger partial charge in [0.25, 0.3) is 5.91 Å². The van der Waals surface area contributed by atoms with Crippen LogP contribution in [0.4, 0.5) is 9.18 Å². The van der Waals surface area contributed by atoms with Gasteiger partial charge >= 0.3 is 6.09 Å². The lowest BCUT2D eigenvalue weighted by atomic mass is 10.1. The number of hydrogen-bond acceptors (Lipinski definition) is 5. The summed E-state index contributed by atoms with van der Waals surface area (Å²) in [6.45, 7) is 19.0. The van der Waals surface area contributed by atoms with Crippen LogP contribution in [-0.2, 0) is 19.1 Å². The van der Waals surface area contributed by atoms with Gasteiger partial charge in [-0.2, -0.15) is 0 Å². The van der Waals surface area contributed by atoms with Gasteiger partial charge in [0.1, 0.15) is 5.60 Å². The lowest BCUT2D eigenvalue weighted by molar-refractivity contribution is -0.137. The molecule has 0 saturated heterocycles. The molecular weight excluding hydrogens is 936 g/mol. The van der Waals surface area contributed by atoms with Crippen LogP contribution in [0.5, 0.6) is 0 Å². The molecule has 0 spiro atoms. The molecule has 1 unspecified atom stereocenters. The quantitative estimate of drug-likeness (QED) is 0.0612. The maximum atomic E-state index is 15.5. The van der Waals surface area contributed by atoms with Gasteiger partial charge in [0, 0.05) is 65.1 Å². The third-order valence-corrected chi connectivity index (χ3v) is 15.1. The summed E-state index contributed by atoms with van der Waals surface area (Å²) in [5.41, 5.74) is -0.653. The number of nitrogens with one attached hydrogen (secondary N) is 1. The smallest absolute Gasteiger partial charge is 0.407 e. The van der Waals surface area contributed by atoms with Crippen molar-refractivity contribution in [1.29, 1.82) is 0 Å². The van der Waals surface area contributed by atoms with Crippen molar-refractivity contribution >= 4 is 23.8 Å². The fourth-order valence-corrected chi connectivity index (χ4v) is 10.3. The van der Waals surface area contributed by atoms with Crippen LogP contribution in [0.15, 0.2) is 0 Å². The summed E-state index contributed by atoms with van der Waals surface area (Å²) in [4.78, 5) is 58.7. The molecule has 1 atom stereocenters. The molecule has 1 N–H and O–H groups in total. The zero-order valence-corrected chi connectivity index (χ0v) is 51.1. The fraction of sp³-hybridized carbons (Fsp3) is 0.938. The Morgan fingerprint density at radius 1 is 0.373 bits per heavy atom. The van der Waals surface area contributed by atoms with Crippen molar-refractivity contribution in [3.05, 3.63) is 0 Å². The van der Waals surface area contributed by atoms with Crippen LogP contribution in [0.3, 0.4) is 0 Å². The number of unbranched alkanes of at least 4 members (excludes halogenated alkanes) is 36. The molecule has 0 fully saturated rings. The lowest BCUT2D eigenvalue weighted by Gasteiger charge is -2.25. The molecule has 444 valence electrons. The third kappa shape index (κ3) is 48.5. The maximum absolute atomic E-state index is 15.5. The summed E-state index contributed by atoms with van der Waals surface area (Å²) in [7, 11) is 0. The van der Waals surface area contributed by atoms with E-state index in [0.29, 0.717) is 37.7 Å². The van der Waals surface area contributed by atoms with Gasteiger partial charge in [-0.1, -0.05) is 246 Å². The Hall–Kier alpha value is -2.39. The van der Waals surface area contributed by atoms with Crippen molar-refractivity contribution in [3.63, 3.8) is 0 Å². The number of alkyl carbamates (subject to hydrolysis) is 1. The summed E-state index contributed by atoms with van der Waals surface area (Å²) in [6, 6.07) is 0. The molecule has 0 aromatic heterocycles. The van der Waals surface area contributed by atoms with E-state index in [1.165, 1.54) is 167 Å². The predicted molar refractivity (Wildman–Crippen MR) is 319 cm³/mol. The average Bonchev–Trinajstić information content (AvgIpc) is 3.38. The summed E-state index contributed by atoms with van der Waals surface area (Å²) in [6.07, 6.45) is 48.7. The van der Waals surface area contributed by atoms with Crippen molar-refractivity contribution in [1.82, 2.24) is 20.0 Å². The lowest BCUT2D eigenvalue weighted by Crippen LogP contribution is -2.40. The van der Waals surface area contributed by atoms with E-state index >= 15 is 4.39 Å². The number of amides is 4. The van der Waals surface area contributed by atoms with Crippen LogP contribution in [0.25, 0.3) is 0 Å². The van der Waals surface area contributed by atoms with Gasteiger partial charge in [-0.3, -0.25) is 14.4 Å². The molecule has 0 rings (SSSR count). The van der Waals surface area contributed by atoms with E-state index < -0.39 is 23.8 Å². The number of rotatable bonds is 56. The predicted octanol–water partition coefficient (Wildman–Crippen LogP) is 19.0. The molecule has 9 nitrogen and oxygen atoms in total. The number of alkyl halides is 1. The van der Waals surface area contributed by atoms with E-state index in [9.17, 15) is 19.2 Å². The highest BCUT2D eigenvalue weighted by atomic mass is 19.1. The van der Waals surface area contributed by atoms with Gasteiger partial charge in [0.15, 0.2) is 6.17 Å².